The van der Waals surface area contributed by atoms with Gasteiger partial charge in [-0.25, -0.2) is 14.6 Å². The summed E-state index contributed by atoms with van der Waals surface area (Å²) >= 11 is 6.17. The number of benzene rings is 1. The lowest BCUT2D eigenvalue weighted by Crippen LogP contribution is -2.07. The molecule has 1 aliphatic carbocycles. The largest absolute Gasteiger partial charge is 0.244 e. The zero-order chi connectivity index (χ0) is 15.6. The Morgan fingerprint density at radius 3 is 2.74 bits per heavy atom. The van der Waals surface area contributed by atoms with E-state index in [9.17, 15) is 0 Å². The van der Waals surface area contributed by atoms with Crippen LogP contribution >= 0.6 is 11.6 Å². The minimum atomic E-state index is 0.475. The fourth-order valence-corrected chi connectivity index (χ4v) is 3.32. The zero-order valence-corrected chi connectivity index (χ0v) is 13.4. The monoisotopic (exact) mass is 324 g/mol. The van der Waals surface area contributed by atoms with Gasteiger partial charge in [-0.2, -0.15) is 5.10 Å². The van der Waals surface area contributed by atoms with E-state index in [4.69, 9.17) is 11.6 Å². The lowest BCUT2D eigenvalue weighted by Gasteiger charge is -2.10. The number of hydrogen-bond acceptors (Lipinski definition) is 3. The van der Waals surface area contributed by atoms with E-state index in [1.807, 2.05) is 48.8 Å². The maximum absolute atomic E-state index is 6.17. The summed E-state index contributed by atoms with van der Waals surface area (Å²) < 4.78 is 2.07. The van der Waals surface area contributed by atoms with Crippen LogP contribution in [0.1, 0.15) is 43.1 Å². The second kappa shape index (κ2) is 6.13. The number of nitrogens with zero attached hydrogens (tertiary/aromatic N) is 4. The summed E-state index contributed by atoms with van der Waals surface area (Å²) in [4.78, 5) is 9.08. The van der Waals surface area contributed by atoms with E-state index < -0.39 is 0 Å². The standard InChI is InChI=1S/C18H17ClN4/c19-16-8-4-1-5-13(16)9-10-17-20-11-14-12-21-23(18(14)22-17)15-6-2-3-7-15/h1,4-5,8-12,15H,2-3,6-7H2/b10-9+. The molecule has 0 radical (unpaired) electrons. The average molecular weight is 325 g/mol. The van der Waals surface area contributed by atoms with Crippen LogP contribution in [-0.2, 0) is 0 Å². The van der Waals surface area contributed by atoms with Gasteiger partial charge in [0.2, 0.25) is 0 Å². The Bertz CT molecular complexity index is 862. The number of aromatic nitrogens is 4. The van der Waals surface area contributed by atoms with E-state index in [1.54, 1.807) is 0 Å². The second-order valence-electron chi connectivity index (χ2n) is 5.89. The van der Waals surface area contributed by atoms with Crippen molar-refractivity contribution in [2.24, 2.45) is 0 Å². The van der Waals surface area contributed by atoms with Crippen LogP contribution in [-0.4, -0.2) is 19.7 Å². The predicted molar refractivity (Wildman–Crippen MR) is 93.2 cm³/mol. The smallest absolute Gasteiger partial charge is 0.162 e. The first-order valence-electron chi connectivity index (χ1n) is 7.94. The summed E-state index contributed by atoms with van der Waals surface area (Å²) in [5, 5.41) is 6.24. The van der Waals surface area contributed by atoms with Crippen molar-refractivity contribution in [1.82, 2.24) is 19.7 Å². The molecule has 4 nitrogen and oxygen atoms in total. The van der Waals surface area contributed by atoms with Crippen molar-refractivity contribution in [3.8, 4) is 0 Å². The van der Waals surface area contributed by atoms with Crippen molar-refractivity contribution in [2.75, 3.05) is 0 Å². The average Bonchev–Trinajstić information content (AvgIpc) is 3.22. The first-order chi connectivity index (χ1) is 11.3. The molecule has 1 fully saturated rings. The van der Waals surface area contributed by atoms with Crippen LogP contribution in [0.4, 0.5) is 0 Å². The van der Waals surface area contributed by atoms with E-state index in [0.29, 0.717) is 11.9 Å². The van der Waals surface area contributed by atoms with Crippen LogP contribution < -0.4 is 0 Å². The van der Waals surface area contributed by atoms with Gasteiger partial charge in [0.1, 0.15) is 0 Å². The van der Waals surface area contributed by atoms with Crippen LogP contribution in [0.15, 0.2) is 36.7 Å². The Morgan fingerprint density at radius 1 is 1.09 bits per heavy atom. The summed E-state index contributed by atoms with van der Waals surface area (Å²) in [5.41, 5.74) is 1.88. The van der Waals surface area contributed by atoms with Gasteiger partial charge in [-0.3, -0.25) is 0 Å². The number of rotatable bonds is 3. The SMILES string of the molecule is Clc1ccccc1/C=C/c1ncc2cnn(C3CCCC3)c2n1. The molecule has 0 bridgehead atoms. The third-order valence-electron chi connectivity index (χ3n) is 4.34. The van der Waals surface area contributed by atoms with E-state index in [0.717, 1.165) is 21.6 Å². The molecule has 0 spiro atoms. The van der Waals surface area contributed by atoms with Gasteiger partial charge in [-0.15, -0.1) is 0 Å². The summed E-state index contributed by atoms with van der Waals surface area (Å²) in [7, 11) is 0. The Morgan fingerprint density at radius 2 is 1.91 bits per heavy atom. The summed E-state index contributed by atoms with van der Waals surface area (Å²) in [6, 6.07) is 8.20. The molecular formula is C18H17ClN4. The molecule has 1 aromatic carbocycles. The number of hydrogen-bond donors (Lipinski definition) is 0. The molecule has 1 aliphatic rings. The molecule has 0 unspecified atom stereocenters. The molecule has 23 heavy (non-hydrogen) atoms. The van der Waals surface area contributed by atoms with Crippen LogP contribution in [0.25, 0.3) is 23.2 Å². The van der Waals surface area contributed by atoms with Crippen LogP contribution in [0.5, 0.6) is 0 Å². The molecule has 116 valence electrons. The van der Waals surface area contributed by atoms with Gasteiger partial charge in [-0.05, 0) is 36.6 Å². The van der Waals surface area contributed by atoms with Crippen molar-refractivity contribution in [3.05, 3.63) is 53.1 Å². The van der Waals surface area contributed by atoms with Gasteiger partial charge in [-0.1, -0.05) is 42.6 Å². The minimum Gasteiger partial charge on any atom is -0.244 e. The first-order valence-corrected chi connectivity index (χ1v) is 8.32. The van der Waals surface area contributed by atoms with Crippen molar-refractivity contribution < 1.29 is 0 Å². The lowest BCUT2D eigenvalue weighted by atomic mass is 10.2. The van der Waals surface area contributed by atoms with Gasteiger partial charge in [0.05, 0.1) is 17.6 Å². The van der Waals surface area contributed by atoms with E-state index in [1.165, 1.54) is 25.7 Å². The molecule has 2 heterocycles. The highest BCUT2D eigenvalue weighted by Gasteiger charge is 2.20. The molecule has 1 saturated carbocycles. The predicted octanol–water partition coefficient (Wildman–Crippen LogP) is 4.77. The highest BCUT2D eigenvalue weighted by molar-refractivity contribution is 6.32. The molecule has 2 aromatic heterocycles. The fraction of sp³-hybridized carbons (Fsp3) is 0.278. The molecule has 0 aliphatic heterocycles. The number of halogens is 1. The highest BCUT2D eigenvalue weighted by atomic mass is 35.5. The quantitative estimate of drug-likeness (QED) is 0.697. The molecule has 5 heteroatoms. The van der Waals surface area contributed by atoms with Crippen molar-refractivity contribution in [3.63, 3.8) is 0 Å². The second-order valence-corrected chi connectivity index (χ2v) is 6.30. The fourth-order valence-electron chi connectivity index (χ4n) is 3.12. The Balaban J connectivity index is 1.68. The molecule has 0 saturated heterocycles. The van der Waals surface area contributed by atoms with Crippen molar-refractivity contribution in [2.45, 2.75) is 31.7 Å². The Hall–Kier alpha value is -2.20. The van der Waals surface area contributed by atoms with Crippen molar-refractivity contribution >= 4 is 34.8 Å². The van der Waals surface area contributed by atoms with Gasteiger partial charge >= 0.3 is 0 Å². The maximum atomic E-state index is 6.17. The highest BCUT2D eigenvalue weighted by Crippen LogP contribution is 2.31. The van der Waals surface area contributed by atoms with Crippen LogP contribution in [0.3, 0.4) is 0 Å². The normalized spacial score (nSPS) is 15.9. The number of fused-ring (bicyclic) bond motifs is 1. The van der Waals surface area contributed by atoms with E-state index >= 15 is 0 Å². The van der Waals surface area contributed by atoms with E-state index in [-0.39, 0.29) is 0 Å². The third-order valence-corrected chi connectivity index (χ3v) is 4.68. The van der Waals surface area contributed by atoms with Gasteiger partial charge < -0.3 is 0 Å². The van der Waals surface area contributed by atoms with Crippen molar-refractivity contribution in [1.29, 1.82) is 0 Å². The summed E-state index contributed by atoms with van der Waals surface area (Å²) in [5.74, 6) is 0.678. The first kappa shape index (κ1) is 14.4. The molecule has 0 amide bonds. The van der Waals surface area contributed by atoms with Gasteiger partial charge in [0.15, 0.2) is 11.5 Å². The topological polar surface area (TPSA) is 43.6 Å². The molecular weight excluding hydrogens is 308 g/mol. The Labute approximate surface area is 139 Å². The van der Waals surface area contributed by atoms with E-state index in [2.05, 4.69) is 19.7 Å². The Kier molecular flexibility index (Phi) is 3.83. The van der Waals surface area contributed by atoms with Crippen LogP contribution in [0, 0.1) is 0 Å². The molecule has 3 aromatic rings. The zero-order valence-electron chi connectivity index (χ0n) is 12.7. The van der Waals surface area contributed by atoms with Gasteiger partial charge in [0, 0.05) is 11.2 Å². The molecule has 4 rings (SSSR count). The minimum absolute atomic E-state index is 0.475. The maximum Gasteiger partial charge on any atom is 0.162 e. The molecule has 0 atom stereocenters. The third kappa shape index (κ3) is 2.86. The lowest BCUT2D eigenvalue weighted by molar-refractivity contribution is 0.478. The summed E-state index contributed by atoms with van der Waals surface area (Å²) in [6.07, 6.45) is 12.5. The summed E-state index contributed by atoms with van der Waals surface area (Å²) in [6.45, 7) is 0. The van der Waals surface area contributed by atoms with Crippen LogP contribution in [0.2, 0.25) is 5.02 Å². The molecule has 0 N–H and O–H groups in total. The van der Waals surface area contributed by atoms with Gasteiger partial charge in [0.25, 0.3) is 0 Å².